The van der Waals surface area contributed by atoms with Gasteiger partial charge in [-0.05, 0) is 158 Å². The molecule has 4 aliphatic carbocycles. The molecule has 13 rings (SSSR count). The summed E-state index contributed by atoms with van der Waals surface area (Å²) in [6.07, 6.45) is 26.5. The number of pyridine rings is 3. The smallest absolute Gasteiger partial charge is 0.205 e. The number of nitrogens with two attached hydrogens (primary N) is 3. The van der Waals surface area contributed by atoms with E-state index in [4.69, 9.17) is 50.4 Å². The van der Waals surface area contributed by atoms with Gasteiger partial charge in [-0.1, -0.05) is 58.7 Å². The van der Waals surface area contributed by atoms with Crippen LogP contribution in [0.25, 0.3) is 32.1 Å². The summed E-state index contributed by atoms with van der Waals surface area (Å²) < 4.78 is 2.68. The molecule has 382 valence electrons. The van der Waals surface area contributed by atoms with Gasteiger partial charge in [0.05, 0.1) is 51.2 Å². The van der Waals surface area contributed by atoms with Gasteiger partial charge in [0.2, 0.25) is 5.69 Å². The van der Waals surface area contributed by atoms with E-state index in [0.717, 1.165) is 79.5 Å². The molecule has 9 heterocycles. The van der Waals surface area contributed by atoms with Crippen molar-refractivity contribution in [2.24, 2.45) is 44.0 Å². The largest absolute Gasteiger partial charge is 0.378 e. The van der Waals surface area contributed by atoms with Crippen LogP contribution in [0.2, 0.25) is 5.02 Å². The van der Waals surface area contributed by atoms with E-state index in [2.05, 4.69) is 86.9 Å². The van der Waals surface area contributed by atoms with Crippen molar-refractivity contribution in [3.05, 3.63) is 128 Å². The van der Waals surface area contributed by atoms with Crippen LogP contribution in [0.4, 0.5) is 5.69 Å². The van der Waals surface area contributed by atoms with Crippen LogP contribution in [-0.2, 0) is 16.6 Å². The van der Waals surface area contributed by atoms with Crippen molar-refractivity contribution >= 4 is 90.8 Å². The Labute approximate surface area is 465 Å². The van der Waals surface area contributed by atoms with E-state index in [9.17, 15) is 0 Å². The maximum Gasteiger partial charge on any atom is 0.205 e. The van der Waals surface area contributed by atoms with Gasteiger partial charge >= 0.3 is 0 Å². The van der Waals surface area contributed by atoms with Crippen LogP contribution < -0.4 is 17.2 Å². The van der Waals surface area contributed by atoms with Crippen molar-refractivity contribution in [1.82, 2.24) is 24.7 Å². The Balaban J connectivity index is 0.000000121. The van der Waals surface area contributed by atoms with Crippen molar-refractivity contribution in [1.29, 1.82) is 0 Å². The Bertz CT molecular complexity index is 3490. The van der Waals surface area contributed by atoms with Gasteiger partial charge in [0.15, 0.2) is 15.5 Å². The predicted molar refractivity (Wildman–Crippen MR) is 314 cm³/mol. The fourth-order valence-electron chi connectivity index (χ4n) is 11.5. The van der Waals surface area contributed by atoms with Gasteiger partial charge in [0.25, 0.3) is 0 Å². The Morgan fingerprint density at radius 1 is 0.667 bits per heavy atom. The highest BCUT2D eigenvalue weighted by molar-refractivity contribution is 8.15. The number of aromatic nitrogens is 5. The van der Waals surface area contributed by atoms with Gasteiger partial charge in [0, 0.05) is 83.4 Å². The lowest BCUT2D eigenvalue weighted by molar-refractivity contribution is 0.363. The summed E-state index contributed by atoms with van der Waals surface area (Å²) >= 11 is 15.3. The number of amidine groups is 3. The molecule has 18 heteroatoms. The second kappa shape index (κ2) is 19.8. The van der Waals surface area contributed by atoms with Crippen molar-refractivity contribution in [3.63, 3.8) is 0 Å². The minimum atomic E-state index is -0.378. The minimum absolute atomic E-state index is 0.219. The molecule has 7 aliphatic rings. The molecule has 0 bridgehead atoms. The summed E-state index contributed by atoms with van der Waals surface area (Å²) in [6, 6.07) is 10.2. The molecule has 75 heavy (non-hydrogen) atoms. The van der Waals surface area contributed by atoms with Crippen LogP contribution in [0.1, 0.15) is 125 Å². The second-order valence-corrected chi connectivity index (χ2v) is 28.4. The highest BCUT2D eigenvalue weighted by Crippen LogP contribution is 2.65. The zero-order chi connectivity index (χ0) is 52.4. The first-order valence-corrected chi connectivity index (χ1v) is 29.6. The molecule has 4 saturated carbocycles. The number of aliphatic imine (C=N–C) groups is 3. The number of thioether (sulfide) groups is 3. The quantitative estimate of drug-likeness (QED) is 0.107. The maximum atomic E-state index is 7.14. The summed E-state index contributed by atoms with van der Waals surface area (Å²) in [6.45, 7) is 17.3. The highest BCUT2D eigenvalue weighted by atomic mass is 35.5. The van der Waals surface area contributed by atoms with Crippen molar-refractivity contribution in [3.8, 4) is 50.9 Å². The van der Waals surface area contributed by atoms with Gasteiger partial charge in [-0.15, -0.1) is 34.5 Å². The van der Waals surface area contributed by atoms with Crippen molar-refractivity contribution in [2.75, 3.05) is 0 Å². The summed E-state index contributed by atoms with van der Waals surface area (Å²) in [7, 11) is 0. The van der Waals surface area contributed by atoms with E-state index in [1.807, 2.05) is 73.3 Å². The van der Waals surface area contributed by atoms with Crippen LogP contribution in [0.5, 0.6) is 0 Å². The molecule has 3 spiro atoms. The lowest BCUT2D eigenvalue weighted by Gasteiger charge is -2.41. The van der Waals surface area contributed by atoms with E-state index in [1.165, 1.54) is 55.4 Å². The summed E-state index contributed by atoms with van der Waals surface area (Å²) in [5.41, 5.74) is 25.2. The van der Waals surface area contributed by atoms with E-state index in [0.29, 0.717) is 30.5 Å². The van der Waals surface area contributed by atoms with E-state index in [1.54, 1.807) is 71.0 Å². The van der Waals surface area contributed by atoms with Crippen LogP contribution in [-0.4, -0.2) is 54.5 Å². The normalized spacial score (nSPS) is 27.8. The fourth-order valence-corrected chi connectivity index (χ4v) is 18.5. The number of hydrogen-bond acceptors (Lipinski definition) is 15. The number of thiophene rings is 2. The topological polar surface area (TPSA) is 176 Å². The fraction of sp³-hybridized carbons (Fsp3) is 0.404. The zero-order valence-electron chi connectivity index (χ0n) is 42.5. The zero-order valence-corrected chi connectivity index (χ0v) is 47.3. The predicted octanol–water partition coefficient (Wildman–Crippen LogP) is 13.1. The Morgan fingerprint density at radius 3 is 1.92 bits per heavy atom. The molecule has 0 saturated heterocycles. The number of rotatable bonds is 6. The van der Waals surface area contributed by atoms with E-state index < -0.39 is 0 Å². The molecule has 5 atom stereocenters. The maximum absolute atomic E-state index is 7.14. The third kappa shape index (κ3) is 10.9. The number of halogens is 1. The molecule has 0 amide bonds. The molecule has 0 aromatic carbocycles. The van der Waals surface area contributed by atoms with Gasteiger partial charge in [-0.2, -0.15) is 5.10 Å². The second-order valence-electron chi connectivity index (χ2n) is 21.6. The van der Waals surface area contributed by atoms with Gasteiger partial charge in [0.1, 0.15) is 0 Å². The average molecular weight is 1110 g/mol. The van der Waals surface area contributed by atoms with E-state index >= 15 is 0 Å². The third-order valence-corrected chi connectivity index (χ3v) is 22.0. The van der Waals surface area contributed by atoms with Gasteiger partial charge in [-0.25, -0.2) is 9.53 Å². The monoisotopic (exact) mass is 1100 g/mol. The minimum Gasteiger partial charge on any atom is -0.378 e. The third-order valence-electron chi connectivity index (χ3n) is 15.2. The SMILES string of the molecule is CC#Cc1cncc(-c2csc(C3(C)CC4(CC5CC5C4)SC(N)=N3)c2)c1.CC#Cc1cncc(-n2cc(C3(C)CC4(CC4)SC(N)=N3)cn2)c1.[C-]#[N+]c1cncc(-c2cc(Cl)c(C3(C)CC4(CC4)SC(N)=N3)s2)c1. The number of fused-ring (bicyclic) bond motifs is 1. The molecule has 6 aromatic rings. The van der Waals surface area contributed by atoms with Crippen LogP contribution in [0, 0.1) is 42.1 Å². The molecular weight excluding hydrogens is 1050 g/mol. The number of hydrogen-bond donors (Lipinski definition) is 3. The van der Waals surface area contributed by atoms with Crippen LogP contribution in [0.15, 0.2) is 100 Å². The lowest BCUT2D eigenvalue weighted by Crippen LogP contribution is -2.40. The standard InChI is InChI=1S/C22H23N3S2.C18H19N5S.C17H15ClN4S2/c1-3-4-14-5-17(11-24-10-14)18-7-19(26-12-18)21(2)13-22(27-20(23)25-21)8-15-6-16(15)9-22;1-3-4-13-7-15(10-20-8-13)23-11-14(9-21-23)17(2)12-18(5-6-18)24-16(19)22-17;1-16(9-17(3-4-17)24-15(19)22-16)14-12(18)6-13(23-14)10-5-11(20-2)8-21-7-10/h5,7,10-12,15-16H,6,8-9,13H2,1-2H3,(H2,23,25);7-11H,5-6,12H2,1-2H3,(H2,19,22);5-8H,3-4,9H2,1H3,(H2,19,22). The summed E-state index contributed by atoms with van der Waals surface area (Å²) in [4.78, 5) is 33.9. The Morgan fingerprint density at radius 2 is 1.25 bits per heavy atom. The molecule has 0 radical (unpaired) electrons. The van der Waals surface area contributed by atoms with E-state index in [-0.39, 0.29) is 21.4 Å². The lowest BCUT2D eigenvalue weighted by atomic mass is 9.84. The molecule has 4 fully saturated rings. The summed E-state index contributed by atoms with van der Waals surface area (Å²) in [5, 5.41) is 9.55. The first kappa shape index (κ1) is 51.5. The number of nitrogens with zero attached hydrogens (tertiary/aromatic N) is 9. The molecule has 3 aliphatic heterocycles. The average Bonchev–Trinajstić information content (AvgIpc) is 4.20. The molecule has 6 N–H and O–H groups in total. The molecular formula is C57H57ClN12S5. The highest BCUT2D eigenvalue weighted by Gasteiger charge is 2.58. The first-order chi connectivity index (χ1) is 35.9. The summed E-state index contributed by atoms with van der Waals surface area (Å²) in [5.74, 6) is 13.8. The van der Waals surface area contributed by atoms with Crippen molar-refractivity contribution in [2.45, 2.75) is 130 Å². The van der Waals surface area contributed by atoms with Crippen LogP contribution in [0.3, 0.4) is 0 Å². The first-order valence-electron chi connectivity index (χ1n) is 25.1. The molecule has 5 unspecified atom stereocenters. The van der Waals surface area contributed by atoms with Gasteiger partial charge in [-0.3, -0.25) is 29.9 Å². The van der Waals surface area contributed by atoms with Crippen molar-refractivity contribution < 1.29 is 0 Å². The van der Waals surface area contributed by atoms with Crippen LogP contribution >= 0.6 is 69.6 Å². The molecule has 6 aromatic heterocycles. The van der Waals surface area contributed by atoms with Gasteiger partial charge < -0.3 is 17.2 Å². The Hall–Kier alpha value is -5.58. The molecule has 12 nitrogen and oxygen atoms in total. The Kier molecular flexibility index (Phi) is 13.6.